The van der Waals surface area contributed by atoms with Gasteiger partial charge < -0.3 is 24.8 Å². The van der Waals surface area contributed by atoms with Gasteiger partial charge in [0, 0.05) is 51.9 Å². The number of halogens is 1. The van der Waals surface area contributed by atoms with Crippen LogP contribution in [0.3, 0.4) is 0 Å². The summed E-state index contributed by atoms with van der Waals surface area (Å²) in [5.74, 6) is 0.587. The first kappa shape index (κ1) is 21.0. The Balaban J connectivity index is 1.90. The molecule has 27 heavy (non-hydrogen) atoms. The molecule has 0 saturated carbocycles. The Bertz CT molecular complexity index is 658. The molecule has 0 atom stereocenters. The lowest BCUT2D eigenvalue weighted by Crippen LogP contribution is -2.53. The molecular weight excluding hydrogens is 349 g/mol. The molecule has 1 aliphatic rings. The number of nitrogens with one attached hydrogen (secondary N) is 1. The summed E-state index contributed by atoms with van der Waals surface area (Å²) in [6, 6.07) is 5.18. The third-order valence-electron chi connectivity index (χ3n) is 4.36. The van der Waals surface area contributed by atoms with E-state index in [1.165, 1.54) is 6.07 Å². The van der Waals surface area contributed by atoms with Crippen molar-refractivity contribution >= 4 is 12.1 Å². The molecule has 0 aliphatic carbocycles. The van der Waals surface area contributed by atoms with E-state index in [4.69, 9.17) is 4.74 Å². The van der Waals surface area contributed by atoms with Crippen LogP contribution in [0.1, 0.15) is 18.1 Å². The van der Waals surface area contributed by atoms with E-state index in [2.05, 4.69) is 15.2 Å². The quantitative estimate of drug-likeness (QED) is 0.624. The first-order valence-electron chi connectivity index (χ1n) is 9.24. The van der Waals surface area contributed by atoms with Crippen LogP contribution in [0, 0.1) is 5.82 Å². The molecule has 0 aromatic heterocycles. The molecule has 7 nitrogen and oxygen atoms in total. The number of hydrogen-bond donors (Lipinski definition) is 1. The SMILES string of the molecule is CCOC(=O)N1CCN(C(=NC)NCc2ccc(F)c(CN(C)C)c2)CC1. The molecule has 1 N–H and O–H groups in total. The van der Waals surface area contributed by atoms with Crippen molar-refractivity contribution in [2.24, 2.45) is 4.99 Å². The Labute approximate surface area is 160 Å². The molecular formula is C19H30FN5O2. The molecule has 1 fully saturated rings. The van der Waals surface area contributed by atoms with Gasteiger partial charge in [0.1, 0.15) is 5.82 Å². The summed E-state index contributed by atoms with van der Waals surface area (Å²) in [5, 5.41) is 3.33. The first-order chi connectivity index (χ1) is 12.9. The van der Waals surface area contributed by atoms with Crippen molar-refractivity contribution in [3.8, 4) is 0 Å². The van der Waals surface area contributed by atoms with Crippen molar-refractivity contribution in [3.63, 3.8) is 0 Å². The van der Waals surface area contributed by atoms with Crippen molar-refractivity contribution in [1.29, 1.82) is 0 Å². The van der Waals surface area contributed by atoms with Crippen LogP contribution >= 0.6 is 0 Å². The topological polar surface area (TPSA) is 60.4 Å². The monoisotopic (exact) mass is 379 g/mol. The van der Waals surface area contributed by atoms with Crippen LogP contribution in [0.15, 0.2) is 23.2 Å². The van der Waals surface area contributed by atoms with Crippen molar-refractivity contribution in [2.75, 3.05) is 53.9 Å². The van der Waals surface area contributed by atoms with Gasteiger partial charge in [-0.1, -0.05) is 6.07 Å². The van der Waals surface area contributed by atoms with Crippen LogP contribution in [0.5, 0.6) is 0 Å². The molecule has 1 aromatic carbocycles. The van der Waals surface area contributed by atoms with Gasteiger partial charge in [-0.3, -0.25) is 4.99 Å². The summed E-state index contributed by atoms with van der Waals surface area (Å²) in [7, 11) is 5.58. The molecule has 1 aromatic rings. The molecule has 1 saturated heterocycles. The van der Waals surface area contributed by atoms with Gasteiger partial charge >= 0.3 is 6.09 Å². The van der Waals surface area contributed by atoms with Gasteiger partial charge in [0.2, 0.25) is 0 Å². The summed E-state index contributed by atoms with van der Waals surface area (Å²) < 4.78 is 19.0. The highest BCUT2D eigenvalue weighted by atomic mass is 19.1. The molecule has 0 spiro atoms. The predicted molar refractivity (Wildman–Crippen MR) is 104 cm³/mol. The number of nitrogens with zero attached hydrogens (tertiary/aromatic N) is 4. The van der Waals surface area contributed by atoms with E-state index in [1.807, 2.05) is 25.1 Å². The molecule has 2 rings (SSSR count). The van der Waals surface area contributed by atoms with Gasteiger partial charge in [0.15, 0.2) is 5.96 Å². The normalized spacial score (nSPS) is 15.3. The number of ether oxygens (including phenoxy) is 1. The number of benzene rings is 1. The number of carbonyl (C=O) groups excluding carboxylic acids is 1. The number of hydrogen-bond acceptors (Lipinski definition) is 4. The highest BCUT2D eigenvalue weighted by molar-refractivity contribution is 5.80. The third-order valence-corrected chi connectivity index (χ3v) is 4.36. The van der Waals surface area contributed by atoms with Gasteiger partial charge in [0.05, 0.1) is 6.61 Å². The van der Waals surface area contributed by atoms with Gasteiger partial charge in [-0.15, -0.1) is 0 Å². The second kappa shape index (κ2) is 10.1. The number of rotatable bonds is 5. The number of amides is 1. The Morgan fingerprint density at radius 1 is 1.26 bits per heavy atom. The fraction of sp³-hybridized carbons (Fsp3) is 0.579. The largest absolute Gasteiger partial charge is 0.450 e. The number of aliphatic imine (C=N–C) groups is 1. The van der Waals surface area contributed by atoms with E-state index in [0.717, 1.165) is 11.5 Å². The molecule has 150 valence electrons. The zero-order chi connectivity index (χ0) is 19.8. The maximum Gasteiger partial charge on any atom is 0.409 e. The standard InChI is InChI=1S/C19H30FN5O2/c1-5-27-19(26)25-10-8-24(9-11-25)18(21-2)22-13-15-6-7-17(20)16(12-15)14-23(3)4/h6-7,12H,5,8-11,13-14H2,1-4H3,(H,21,22). The maximum absolute atomic E-state index is 13.9. The van der Waals surface area contributed by atoms with Crippen LogP contribution < -0.4 is 5.32 Å². The van der Waals surface area contributed by atoms with Gasteiger partial charge in [-0.2, -0.15) is 0 Å². The van der Waals surface area contributed by atoms with Gasteiger partial charge in [0.25, 0.3) is 0 Å². The smallest absolute Gasteiger partial charge is 0.409 e. The zero-order valence-electron chi connectivity index (χ0n) is 16.7. The van der Waals surface area contributed by atoms with Crippen LogP contribution in [0.2, 0.25) is 0 Å². The third kappa shape index (κ3) is 6.09. The van der Waals surface area contributed by atoms with Crippen molar-refractivity contribution in [1.82, 2.24) is 20.0 Å². The van der Waals surface area contributed by atoms with E-state index >= 15 is 0 Å². The fourth-order valence-corrected chi connectivity index (χ4v) is 3.03. The van der Waals surface area contributed by atoms with E-state index in [9.17, 15) is 9.18 Å². The van der Waals surface area contributed by atoms with Crippen LogP contribution in [-0.2, 0) is 17.8 Å². The molecule has 0 unspecified atom stereocenters. The van der Waals surface area contributed by atoms with Gasteiger partial charge in [-0.25, -0.2) is 9.18 Å². The highest BCUT2D eigenvalue weighted by Crippen LogP contribution is 2.12. The predicted octanol–water partition coefficient (Wildman–Crippen LogP) is 1.74. The van der Waals surface area contributed by atoms with Crippen LogP contribution in [0.25, 0.3) is 0 Å². The van der Waals surface area contributed by atoms with Crippen LogP contribution in [0.4, 0.5) is 9.18 Å². The molecule has 1 amide bonds. The maximum atomic E-state index is 13.9. The fourth-order valence-electron chi connectivity index (χ4n) is 3.03. The van der Waals surface area contributed by atoms with E-state index in [0.29, 0.717) is 51.4 Å². The summed E-state index contributed by atoms with van der Waals surface area (Å²) >= 11 is 0. The summed E-state index contributed by atoms with van der Waals surface area (Å²) in [6.45, 7) is 5.89. The first-order valence-corrected chi connectivity index (χ1v) is 9.24. The Kier molecular flexibility index (Phi) is 7.84. The number of guanidine groups is 1. The van der Waals surface area contributed by atoms with E-state index in [-0.39, 0.29) is 11.9 Å². The van der Waals surface area contributed by atoms with E-state index < -0.39 is 0 Å². The Hall–Kier alpha value is -2.35. The second-order valence-corrected chi connectivity index (χ2v) is 6.74. The lowest BCUT2D eigenvalue weighted by Gasteiger charge is -2.35. The second-order valence-electron chi connectivity index (χ2n) is 6.74. The molecule has 0 radical (unpaired) electrons. The molecule has 8 heteroatoms. The van der Waals surface area contributed by atoms with Gasteiger partial charge in [-0.05, 0) is 38.7 Å². The summed E-state index contributed by atoms with van der Waals surface area (Å²) in [5.41, 5.74) is 1.68. The molecule has 0 bridgehead atoms. The van der Waals surface area contributed by atoms with Crippen LogP contribution in [-0.4, -0.2) is 80.7 Å². The minimum absolute atomic E-state index is 0.188. The minimum Gasteiger partial charge on any atom is -0.450 e. The van der Waals surface area contributed by atoms with E-state index in [1.54, 1.807) is 24.9 Å². The van der Waals surface area contributed by atoms with Crippen molar-refractivity contribution in [2.45, 2.75) is 20.0 Å². The Morgan fingerprint density at radius 3 is 2.52 bits per heavy atom. The summed E-state index contributed by atoms with van der Waals surface area (Å²) in [4.78, 5) is 21.9. The summed E-state index contributed by atoms with van der Waals surface area (Å²) in [6.07, 6.45) is -0.264. The Morgan fingerprint density at radius 2 is 1.93 bits per heavy atom. The minimum atomic E-state index is -0.264. The lowest BCUT2D eigenvalue weighted by atomic mass is 10.1. The molecule has 1 heterocycles. The zero-order valence-corrected chi connectivity index (χ0v) is 16.7. The number of piperazine rings is 1. The lowest BCUT2D eigenvalue weighted by molar-refractivity contribution is 0.0914. The average Bonchev–Trinajstić information content (AvgIpc) is 2.65. The number of carbonyl (C=O) groups is 1. The van der Waals surface area contributed by atoms with Crippen molar-refractivity contribution < 1.29 is 13.9 Å². The highest BCUT2D eigenvalue weighted by Gasteiger charge is 2.23. The average molecular weight is 379 g/mol. The molecule has 1 aliphatic heterocycles. The van der Waals surface area contributed by atoms with Crippen molar-refractivity contribution in [3.05, 3.63) is 35.1 Å².